The summed E-state index contributed by atoms with van der Waals surface area (Å²) in [5, 5.41) is 17.4. The average molecular weight is 375 g/mol. The van der Waals surface area contributed by atoms with Crippen molar-refractivity contribution in [2.75, 3.05) is 0 Å². The van der Waals surface area contributed by atoms with Crippen molar-refractivity contribution in [1.29, 1.82) is 5.26 Å². The van der Waals surface area contributed by atoms with E-state index in [4.69, 9.17) is 5.26 Å². The lowest BCUT2D eigenvalue weighted by Crippen LogP contribution is -2.37. The molecule has 3 aromatic rings. The molecule has 0 fully saturated rings. The van der Waals surface area contributed by atoms with Crippen molar-refractivity contribution in [1.82, 2.24) is 19.9 Å². The smallest absolute Gasteiger partial charge is 0.277 e. The van der Waals surface area contributed by atoms with Crippen LogP contribution >= 0.6 is 0 Å². The molecule has 0 radical (unpaired) electrons. The lowest BCUT2D eigenvalue weighted by molar-refractivity contribution is -0.133. The first kappa shape index (κ1) is 19.2. The van der Waals surface area contributed by atoms with Gasteiger partial charge in [-0.2, -0.15) is 5.26 Å². The number of hydrogen-bond donors (Lipinski definition) is 0. The number of aryl methyl sites for hydroxylation is 1. The van der Waals surface area contributed by atoms with Crippen LogP contribution in [0.5, 0.6) is 0 Å². The van der Waals surface area contributed by atoms with E-state index in [-0.39, 0.29) is 30.5 Å². The van der Waals surface area contributed by atoms with Crippen LogP contribution in [0.1, 0.15) is 31.4 Å². The second kappa shape index (κ2) is 8.44. The summed E-state index contributed by atoms with van der Waals surface area (Å²) >= 11 is 0. The van der Waals surface area contributed by atoms with Crippen LogP contribution in [0.4, 0.5) is 0 Å². The molecule has 7 heteroatoms. The number of aromatic nitrogens is 3. The van der Waals surface area contributed by atoms with Gasteiger partial charge in [0.2, 0.25) is 5.91 Å². The third-order valence-electron chi connectivity index (χ3n) is 4.55. The zero-order valence-corrected chi connectivity index (χ0v) is 15.9. The van der Waals surface area contributed by atoms with E-state index in [9.17, 15) is 9.59 Å². The van der Waals surface area contributed by atoms with E-state index < -0.39 is 0 Å². The summed E-state index contributed by atoms with van der Waals surface area (Å²) in [4.78, 5) is 27.0. The molecule has 0 aliphatic rings. The molecule has 1 heterocycles. The number of hydrogen-bond acceptors (Lipinski definition) is 5. The fourth-order valence-electron chi connectivity index (χ4n) is 2.96. The highest BCUT2D eigenvalue weighted by atomic mass is 16.2. The van der Waals surface area contributed by atoms with Gasteiger partial charge < -0.3 is 4.90 Å². The fraction of sp³-hybridized carbons (Fsp3) is 0.286. The van der Waals surface area contributed by atoms with Crippen LogP contribution in [0.2, 0.25) is 0 Å². The predicted molar refractivity (Wildman–Crippen MR) is 105 cm³/mol. The third kappa shape index (κ3) is 4.23. The number of rotatable bonds is 6. The minimum atomic E-state index is -0.249. The molecule has 28 heavy (non-hydrogen) atoms. The molecule has 0 atom stereocenters. The number of amides is 1. The molecule has 1 aromatic heterocycles. The molecule has 0 N–H and O–H groups in total. The molecule has 2 aromatic carbocycles. The second-order valence-corrected chi connectivity index (χ2v) is 6.81. The van der Waals surface area contributed by atoms with Gasteiger partial charge in [-0.15, -0.1) is 5.10 Å². The SMILES string of the molecule is CC(C)N(Cc1ccc(C#N)cc1)C(=O)CCn1nnc2ccccc2c1=O. The van der Waals surface area contributed by atoms with E-state index in [1.165, 1.54) is 4.68 Å². The Bertz CT molecular complexity index is 1080. The van der Waals surface area contributed by atoms with Crippen LogP contribution in [0.15, 0.2) is 53.3 Å². The van der Waals surface area contributed by atoms with Crippen LogP contribution in [-0.2, 0) is 17.9 Å². The number of nitriles is 1. The molecule has 0 saturated carbocycles. The minimum Gasteiger partial charge on any atom is -0.336 e. The van der Waals surface area contributed by atoms with E-state index in [1.54, 1.807) is 41.3 Å². The highest BCUT2D eigenvalue weighted by Crippen LogP contribution is 2.12. The molecule has 0 unspecified atom stereocenters. The lowest BCUT2D eigenvalue weighted by atomic mass is 10.1. The Kier molecular flexibility index (Phi) is 5.80. The Hall–Kier alpha value is -3.53. The van der Waals surface area contributed by atoms with Gasteiger partial charge in [0.25, 0.3) is 5.56 Å². The van der Waals surface area contributed by atoms with E-state index >= 15 is 0 Å². The van der Waals surface area contributed by atoms with Gasteiger partial charge in [0.1, 0.15) is 5.52 Å². The topological polar surface area (TPSA) is 91.9 Å². The summed E-state index contributed by atoms with van der Waals surface area (Å²) in [6, 6.07) is 16.3. The molecule has 142 valence electrons. The summed E-state index contributed by atoms with van der Waals surface area (Å²) < 4.78 is 1.24. The van der Waals surface area contributed by atoms with Gasteiger partial charge in [0.15, 0.2) is 0 Å². The number of carbonyl (C=O) groups is 1. The number of carbonyl (C=O) groups excluding carboxylic acids is 1. The molecular weight excluding hydrogens is 354 g/mol. The van der Waals surface area contributed by atoms with Crippen LogP contribution in [0.25, 0.3) is 10.9 Å². The predicted octanol–water partition coefficient (Wildman–Crippen LogP) is 2.49. The van der Waals surface area contributed by atoms with Crippen molar-refractivity contribution in [2.45, 2.75) is 39.4 Å². The Balaban J connectivity index is 1.71. The van der Waals surface area contributed by atoms with Gasteiger partial charge >= 0.3 is 0 Å². The molecule has 3 rings (SSSR count). The van der Waals surface area contributed by atoms with Crippen LogP contribution in [0.3, 0.4) is 0 Å². The van der Waals surface area contributed by atoms with Gasteiger partial charge in [-0.3, -0.25) is 9.59 Å². The monoisotopic (exact) mass is 375 g/mol. The van der Waals surface area contributed by atoms with Crippen LogP contribution < -0.4 is 5.56 Å². The normalized spacial score (nSPS) is 10.8. The largest absolute Gasteiger partial charge is 0.336 e. The second-order valence-electron chi connectivity index (χ2n) is 6.81. The Labute approximate surface area is 162 Å². The first-order valence-electron chi connectivity index (χ1n) is 9.10. The summed E-state index contributed by atoms with van der Waals surface area (Å²) in [5.41, 5.74) is 1.82. The summed E-state index contributed by atoms with van der Waals surface area (Å²) in [7, 11) is 0. The maximum atomic E-state index is 12.8. The zero-order chi connectivity index (χ0) is 20.1. The van der Waals surface area contributed by atoms with Crippen molar-refractivity contribution in [2.24, 2.45) is 0 Å². The van der Waals surface area contributed by atoms with Crippen molar-refractivity contribution < 1.29 is 4.79 Å². The first-order chi connectivity index (χ1) is 13.5. The summed E-state index contributed by atoms with van der Waals surface area (Å²) in [5.74, 6) is -0.0683. The van der Waals surface area contributed by atoms with E-state index in [1.807, 2.05) is 26.0 Å². The molecule has 7 nitrogen and oxygen atoms in total. The number of fused-ring (bicyclic) bond motifs is 1. The molecule has 0 bridgehead atoms. The fourth-order valence-corrected chi connectivity index (χ4v) is 2.96. The summed E-state index contributed by atoms with van der Waals surface area (Å²) in [6.07, 6.45) is 0.154. The van der Waals surface area contributed by atoms with Gasteiger partial charge in [0.05, 0.1) is 23.6 Å². The molecule has 0 spiro atoms. The molecular formula is C21H21N5O2. The first-order valence-corrected chi connectivity index (χ1v) is 9.10. The quantitative estimate of drug-likeness (QED) is 0.660. The third-order valence-corrected chi connectivity index (χ3v) is 4.55. The molecule has 0 aliphatic carbocycles. The van der Waals surface area contributed by atoms with E-state index in [0.717, 1.165) is 5.56 Å². The Morgan fingerprint density at radius 3 is 2.57 bits per heavy atom. The Morgan fingerprint density at radius 1 is 1.18 bits per heavy atom. The van der Waals surface area contributed by atoms with Gasteiger partial charge in [-0.1, -0.05) is 29.5 Å². The van der Waals surface area contributed by atoms with Crippen LogP contribution in [0, 0.1) is 11.3 Å². The van der Waals surface area contributed by atoms with Gasteiger partial charge in [0, 0.05) is 19.0 Å². The molecule has 1 amide bonds. The zero-order valence-electron chi connectivity index (χ0n) is 15.9. The highest BCUT2D eigenvalue weighted by molar-refractivity contribution is 5.77. The van der Waals surface area contributed by atoms with Crippen molar-refractivity contribution in [3.63, 3.8) is 0 Å². The maximum Gasteiger partial charge on any atom is 0.277 e. The Morgan fingerprint density at radius 2 is 1.89 bits per heavy atom. The summed E-state index contributed by atoms with van der Waals surface area (Å²) in [6.45, 7) is 4.51. The standard InChI is InChI=1S/C21H21N5O2/c1-15(2)25(14-17-9-7-16(13-22)8-10-17)20(27)11-12-26-21(28)18-5-3-4-6-19(18)23-24-26/h3-10,15H,11-12,14H2,1-2H3. The van der Waals surface area contributed by atoms with Crippen molar-refractivity contribution >= 4 is 16.8 Å². The molecule has 0 saturated heterocycles. The van der Waals surface area contributed by atoms with Crippen LogP contribution in [-0.4, -0.2) is 31.8 Å². The average Bonchev–Trinajstić information content (AvgIpc) is 2.71. The number of nitrogens with zero attached hydrogens (tertiary/aromatic N) is 5. The van der Waals surface area contributed by atoms with Crippen molar-refractivity contribution in [3.05, 3.63) is 70.0 Å². The maximum absolute atomic E-state index is 12.8. The van der Waals surface area contributed by atoms with Crippen molar-refractivity contribution in [3.8, 4) is 6.07 Å². The lowest BCUT2D eigenvalue weighted by Gasteiger charge is -2.27. The van der Waals surface area contributed by atoms with E-state index in [2.05, 4.69) is 16.4 Å². The molecule has 0 aliphatic heterocycles. The highest BCUT2D eigenvalue weighted by Gasteiger charge is 2.18. The minimum absolute atomic E-state index is 0.00236. The van der Waals surface area contributed by atoms with Gasteiger partial charge in [-0.25, -0.2) is 4.68 Å². The number of benzene rings is 2. The van der Waals surface area contributed by atoms with Gasteiger partial charge in [-0.05, 0) is 43.7 Å². The van der Waals surface area contributed by atoms with E-state index in [0.29, 0.717) is 23.0 Å².